The molecule has 7 nitrogen and oxygen atoms in total. The van der Waals surface area contributed by atoms with E-state index in [2.05, 4.69) is 4.98 Å². The molecule has 110 valence electrons. The van der Waals surface area contributed by atoms with Crippen molar-refractivity contribution in [2.45, 2.75) is 33.7 Å². The van der Waals surface area contributed by atoms with Crippen molar-refractivity contribution in [3.8, 4) is 0 Å². The Bertz CT molecular complexity index is 517. The molecule has 0 spiro atoms. The zero-order valence-electron chi connectivity index (χ0n) is 11.9. The topological polar surface area (TPSA) is 96.6 Å². The molecule has 0 radical (unpaired) electrons. The highest BCUT2D eigenvalue weighted by atomic mass is 16.6. The Hall–Kier alpha value is -2.02. The molecule has 0 amide bonds. The van der Waals surface area contributed by atoms with E-state index in [1.165, 1.54) is 6.20 Å². The molecule has 20 heavy (non-hydrogen) atoms. The molecule has 1 heterocycles. The Morgan fingerprint density at radius 3 is 2.65 bits per heavy atom. The van der Waals surface area contributed by atoms with Gasteiger partial charge in [-0.15, -0.1) is 0 Å². The van der Waals surface area contributed by atoms with E-state index in [4.69, 9.17) is 5.11 Å². The maximum absolute atomic E-state index is 11.1. The minimum atomic E-state index is -0.919. The third-order valence-corrected chi connectivity index (χ3v) is 3.03. The summed E-state index contributed by atoms with van der Waals surface area (Å²) < 4.78 is 0. The number of nitrogens with zero attached hydrogens (tertiary/aromatic N) is 3. The molecule has 7 heteroatoms. The van der Waals surface area contributed by atoms with Crippen molar-refractivity contribution in [2.75, 3.05) is 13.1 Å². The van der Waals surface area contributed by atoms with Crippen molar-refractivity contribution in [2.24, 2.45) is 0 Å². The van der Waals surface area contributed by atoms with Gasteiger partial charge in [-0.1, -0.05) is 6.92 Å². The van der Waals surface area contributed by atoms with Crippen LogP contribution in [0.2, 0.25) is 0 Å². The standard InChI is InChI=1S/C13H19N3O4/c1-4-5-15(8-12(17)18)7-11-10(3)13(16(19)20)9(2)6-14-11/h6H,4-5,7-8H2,1-3H3,(H,17,18). The summed E-state index contributed by atoms with van der Waals surface area (Å²) in [5.74, 6) is -0.919. The van der Waals surface area contributed by atoms with Gasteiger partial charge in [-0.25, -0.2) is 0 Å². The van der Waals surface area contributed by atoms with E-state index in [0.717, 1.165) is 6.42 Å². The van der Waals surface area contributed by atoms with Gasteiger partial charge in [0, 0.05) is 23.9 Å². The lowest BCUT2D eigenvalue weighted by Crippen LogP contribution is -2.30. The summed E-state index contributed by atoms with van der Waals surface area (Å²) in [7, 11) is 0. The van der Waals surface area contributed by atoms with Crippen LogP contribution >= 0.6 is 0 Å². The van der Waals surface area contributed by atoms with Crippen LogP contribution in [0, 0.1) is 24.0 Å². The lowest BCUT2D eigenvalue weighted by molar-refractivity contribution is -0.386. The highest BCUT2D eigenvalue weighted by Crippen LogP contribution is 2.24. The summed E-state index contributed by atoms with van der Waals surface area (Å²) in [6.07, 6.45) is 2.27. The molecule has 1 rings (SSSR count). The summed E-state index contributed by atoms with van der Waals surface area (Å²) in [5, 5.41) is 19.9. The largest absolute Gasteiger partial charge is 0.480 e. The number of pyridine rings is 1. The number of carbonyl (C=O) groups is 1. The fourth-order valence-corrected chi connectivity index (χ4v) is 2.14. The molecule has 0 aliphatic carbocycles. The highest BCUT2D eigenvalue weighted by molar-refractivity contribution is 5.69. The fourth-order valence-electron chi connectivity index (χ4n) is 2.14. The van der Waals surface area contributed by atoms with Gasteiger partial charge in [0.15, 0.2) is 0 Å². The summed E-state index contributed by atoms with van der Waals surface area (Å²) in [6, 6.07) is 0. The Morgan fingerprint density at radius 1 is 1.50 bits per heavy atom. The average Bonchev–Trinajstić information content (AvgIpc) is 2.32. The monoisotopic (exact) mass is 281 g/mol. The molecule has 0 aromatic carbocycles. The molecular formula is C13H19N3O4. The van der Waals surface area contributed by atoms with Crippen molar-refractivity contribution >= 4 is 11.7 Å². The summed E-state index contributed by atoms with van der Waals surface area (Å²) in [4.78, 5) is 27.4. The van der Waals surface area contributed by atoms with E-state index < -0.39 is 10.9 Å². The number of hydrogen-bond acceptors (Lipinski definition) is 5. The summed E-state index contributed by atoms with van der Waals surface area (Å²) >= 11 is 0. The number of carboxylic acids is 1. The third kappa shape index (κ3) is 3.99. The SMILES string of the molecule is CCCN(CC(=O)O)Cc1ncc(C)c([N+](=O)[O-])c1C. The van der Waals surface area contributed by atoms with Crippen LogP contribution in [-0.2, 0) is 11.3 Å². The Kier molecular flexibility index (Phi) is 5.57. The summed E-state index contributed by atoms with van der Waals surface area (Å²) in [6.45, 7) is 6.05. The molecule has 0 aliphatic rings. The average molecular weight is 281 g/mol. The van der Waals surface area contributed by atoms with E-state index in [-0.39, 0.29) is 12.2 Å². The van der Waals surface area contributed by atoms with Crippen LogP contribution in [0.3, 0.4) is 0 Å². The molecule has 1 N–H and O–H groups in total. The molecule has 0 saturated carbocycles. The first-order valence-corrected chi connectivity index (χ1v) is 6.40. The quantitative estimate of drug-likeness (QED) is 0.605. The minimum Gasteiger partial charge on any atom is -0.480 e. The Balaban J connectivity index is 3.04. The van der Waals surface area contributed by atoms with Crippen LogP contribution in [0.15, 0.2) is 6.20 Å². The van der Waals surface area contributed by atoms with Gasteiger partial charge in [-0.2, -0.15) is 0 Å². The van der Waals surface area contributed by atoms with E-state index in [1.807, 2.05) is 6.92 Å². The van der Waals surface area contributed by atoms with Gasteiger partial charge >= 0.3 is 5.97 Å². The molecule has 1 aromatic rings. The maximum atomic E-state index is 11.1. The van der Waals surface area contributed by atoms with Crippen LogP contribution in [0.4, 0.5) is 5.69 Å². The van der Waals surface area contributed by atoms with Crippen molar-refractivity contribution < 1.29 is 14.8 Å². The number of aromatic nitrogens is 1. The fraction of sp³-hybridized carbons (Fsp3) is 0.538. The lowest BCUT2D eigenvalue weighted by atomic mass is 10.1. The molecule has 0 aliphatic heterocycles. The number of aliphatic carboxylic acids is 1. The van der Waals surface area contributed by atoms with Gasteiger partial charge in [0.05, 0.1) is 17.2 Å². The third-order valence-electron chi connectivity index (χ3n) is 3.03. The van der Waals surface area contributed by atoms with Crippen molar-refractivity contribution in [3.63, 3.8) is 0 Å². The second-order valence-electron chi connectivity index (χ2n) is 4.72. The molecule has 1 aromatic heterocycles. The minimum absolute atomic E-state index is 0.0572. The molecular weight excluding hydrogens is 262 g/mol. The second-order valence-corrected chi connectivity index (χ2v) is 4.72. The summed E-state index contributed by atoms with van der Waals surface area (Å²) in [5.41, 5.74) is 1.62. The number of hydrogen-bond donors (Lipinski definition) is 1. The van der Waals surface area contributed by atoms with Crippen molar-refractivity contribution in [3.05, 3.63) is 33.1 Å². The molecule has 0 unspecified atom stereocenters. The Labute approximate surface area is 117 Å². The highest BCUT2D eigenvalue weighted by Gasteiger charge is 2.20. The normalized spacial score (nSPS) is 10.8. The van der Waals surface area contributed by atoms with E-state index in [0.29, 0.717) is 29.9 Å². The number of nitro groups is 1. The van der Waals surface area contributed by atoms with Gasteiger partial charge in [-0.05, 0) is 26.8 Å². The van der Waals surface area contributed by atoms with Crippen molar-refractivity contribution in [1.82, 2.24) is 9.88 Å². The molecule has 0 saturated heterocycles. The van der Waals surface area contributed by atoms with Crippen LogP contribution in [0.25, 0.3) is 0 Å². The van der Waals surface area contributed by atoms with Gasteiger partial charge < -0.3 is 5.11 Å². The smallest absolute Gasteiger partial charge is 0.317 e. The Morgan fingerprint density at radius 2 is 2.15 bits per heavy atom. The van der Waals surface area contributed by atoms with Crippen molar-refractivity contribution in [1.29, 1.82) is 0 Å². The second kappa shape index (κ2) is 6.95. The zero-order valence-corrected chi connectivity index (χ0v) is 11.9. The number of rotatable bonds is 7. The molecule has 0 bridgehead atoms. The lowest BCUT2D eigenvalue weighted by Gasteiger charge is -2.20. The van der Waals surface area contributed by atoms with E-state index in [9.17, 15) is 14.9 Å². The number of aryl methyl sites for hydroxylation is 1. The molecule has 0 atom stereocenters. The zero-order chi connectivity index (χ0) is 15.3. The maximum Gasteiger partial charge on any atom is 0.317 e. The van der Waals surface area contributed by atoms with Crippen LogP contribution in [-0.4, -0.2) is 39.0 Å². The van der Waals surface area contributed by atoms with E-state index in [1.54, 1.807) is 18.7 Å². The van der Waals surface area contributed by atoms with Crippen LogP contribution in [0.5, 0.6) is 0 Å². The van der Waals surface area contributed by atoms with Gasteiger partial charge in [-0.3, -0.25) is 24.8 Å². The first-order chi connectivity index (χ1) is 9.36. The predicted molar refractivity (Wildman–Crippen MR) is 73.6 cm³/mol. The number of carboxylic acid groups (broad SMARTS) is 1. The predicted octanol–water partition coefficient (Wildman–Crippen LogP) is 1.90. The first kappa shape index (κ1) is 16.0. The van der Waals surface area contributed by atoms with Gasteiger partial charge in [0.25, 0.3) is 5.69 Å². The van der Waals surface area contributed by atoms with Crippen LogP contribution in [0.1, 0.15) is 30.2 Å². The van der Waals surface area contributed by atoms with Crippen LogP contribution < -0.4 is 0 Å². The van der Waals surface area contributed by atoms with Gasteiger partial charge in [0.1, 0.15) is 0 Å². The van der Waals surface area contributed by atoms with E-state index >= 15 is 0 Å². The van der Waals surface area contributed by atoms with Gasteiger partial charge in [0.2, 0.25) is 0 Å². The molecule has 0 fully saturated rings. The first-order valence-electron chi connectivity index (χ1n) is 6.40.